The number of benzene rings is 2. The van der Waals surface area contributed by atoms with Crippen molar-refractivity contribution in [1.29, 1.82) is 0 Å². The van der Waals surface area contributed by atoms with Crippen molar-refractivity contribution < 1.29 is 13.9 Å². The molecule has 26 heavy (non-hydrogen) atoms. The van der Waals surface area contributed by atoms with Gasteiger partial charge in [-0.25, -0.2) is 8.78 Å². The first-order valence-corrected chi connectivity index (χ1v) is 8.83. The van der Waals surface area contributed by atoms with Crippen LogP contribution in [0, 0.1) is 11.6 Å². The molecule has 2 aromatic carbocycles. The second-order valence-electron chi connectivity index (χ2n) is 5.46. The number of halogens is 5. The molecule has 0 aliphatic carbocycles. The Balaban J connectivity index is 2.13. The lowest BCUT2D eigenvalue weighted by atomic mass is 10.0. The van der Waals surface area contributed by atoms with Gasteiger partial charge in [-0.2, -0.15) is 0 Å². The fourth-order valence-corrected chi connectivity index (χ4v) is 3.90. The average Bonchev–Trinajstić information content (AvgIpc) is 2.55. The quantitative estimate of drug-likeness (QED) is 0.578. The maximum atomic E-state index is 13.9. The van der Waals surface area contributed by atoms with Crippen LogP contribution in [0.5, 0.6) is 0 Å². The summed E-state index contributed by atoms with van der Waals surface area (Å²) in [6, 6.07) is 8.55. The van der Waals surface area contributed by atoms with Gasteiger partial charge in [-0.05, 0) is 24.3 Å². The maximum Gasteiger partial charge on any atom is 0.255 e. The molecule has 1 aromatic heterocycles. The number of nitrogens with zero attached hydrogens (tertiary/aromatic N) is 1. The lowest BCUT2D eigenvalue weighted by Crippen LogP contribution is -2.19. The average molecular weight is 461 g/mol. The van der Waals surface area contributed by atoms with Gasteiger partial charge in [0.05, 0.1) is 15.7 Å². The lowest BCUT2D eigenvalue weighted by Gasteiger charge is -2.16. The Morgan fingerprint density at radius 2 is 1.69 bits per heavy atom. The van der Waals surface area contributed by atoms with Gasteiger partial charge in [0.25, 0.3) is 5.56 Å². The van der Waals surface area contributed by atoms with E-state index in [1.807, 2.05) is 0 Å². The second-order valence-corrected chi connectivity index (χ2v) is 7.19. The van der Waals surface area contributed by atoms with E-state index in [1.54, 1.807) is 12.1 Å². The summed E-state index contributed by atoms with van der Waals surface area (Å²) in [4.78, 5) is 12.3. The number of aromatic nitrogens is 1. The maximum absolute atomic E-state index is 13.9. The van der Waals surface area contributed by atoms with E-state index in [0.29, 0.717) is 10.5 Å². The van der Waals surface area contributed by atoms with Crippen molar-refractivity contribution in [3.8, 4) is 5.69 Å². The van der Waals surface area contributed by atoms with Gasteiger partial charge in [0, 0.05) is 33.9 Å². The zero-order valence-electron chi connectivity index (χ0n) is 12.9. The number of pyridine rings is 1. The molecule has 0 aliphatic rings. The van der Waals surface area contributed by atoms with Gasteiger partial charge in [0.2, 0.25) is 0 Å². The molecule has 1 N–H and O–H groups in total. The molecule has 3 aromatic rings. The first-order valence-electron chi connectivity index (χ1n) is 7.28. The smallest absolute Gasteiger partial charge is 0.255 e. The van der Waals surface area contributed by atoms with Crippen LogP contribution >= 0.6 is 39.1 Å². The van der Waals surface area contributed by atoms with Crippen LogP contribution in [0.3, 0.4) is 0 Å². The van der Waals surface area contributed by atoms with Crippen molar-refractivity contribution in [2.75, 3.05) is 0 Å². The molecule has 134 valence electrons. The third-order valence-corrected chi connectivity index (χ3v) is 4.76. The van der Waals surface area contributed by atoms with Crippen LogP contribution in [0.15, 0.2) is 57.9 Å². The Kier molecular flexibility index (Phi) is 5.48. The summed E-state index contributed by atoms with van der Waals surface area (Å²) in [5.74, 6) is -1.65. The molecule has 0 bridgehead atoms. The summed E-state index contributed by atoms with van der Waals surface area (Å²) in [6.07, 6.45) is -0.0907. The molecule has 1 heterocycles. The number of hydrogen-bond acceptors (Lipinski definition) is 2. The summed E-state index contributed by atoms with van der Waals surface area (Å²) in [5, 5.41) is 10.9. The van der Waals surface area contributed by atoms with Crippen molar-refractivity contribution in [2.24, 2.45) is 0 Å². The highest BCUT2D eigenvalue weighted by molar-refractivity contribution is 9.10. The molecule has 3 rings (SSSR count). The Bertz CT molecular complexity index is 1030. The molecule has 3 nitrogen and oxygen atoms in total. The topological polar surface area (TPSA) is 42.2 Å². The Labute approximate surface area is 165 Å². The zero-order chi connectivity index (χ0) is 19.0. The van der Waals surface area contributed by atoms with Gasteiger partial charge in [0.1, 0.15) is 17.7 Å². The van der Waals surface area contributed by atoms with Gasteiger partial charge in [0.15, 0.2) is 0 Å². The third kappa shape index (κ3) is 3.69. The fraction of sp³-hybridized carbons (Fsp3) is 0.0556. The van der Waals surface area contributed by atoms with Crippen LogP contribution in [-0.2, 0) is 0 Å². The summed E-state index contributed by atoms with van der Waals surface area (Å²) >= 11 is 15.6. The normalized spacial score (nSPS) is 12.2. The van der Waals surface area contributed by atoms with Crippen LogP contribution in [0.2, 0.25) is 10.0 Å². The molecule has 0 fully saturated rings. The van der Waals surface area contributed by atoms with Crippen LogP contribution in [-0.4, -0.2) is 9.67 Å². The van der Waals surface area contributed by atoms with Crippen LogP contribution in [0.4, 0.5) is 8.78 Å². The van der Waals surface area contributed by atoms with E-state index in [9.17, 15) is 18.7 Å². The minimum absolute atomic E-state index is 0.121. The summed E-state index contributed by atoms with van der Waals surface area (Å²) in [7, 11) is 0. The van der Waals surface area contributed by atoms with E-state index < -0.39 is 23.3 Å². The molecular formula is C18H10BrCl2F2NO2. The molecule has 0 spiro atoms. The molecule has 0 radical (unpaired) electrons. The second kappa shape index (κ2) is 7.48. The summed E-state index contributed by atoms with van der Waals surface area (Å²) < 4.78 is 28.8. The molecule has 8 heteroatoms. The molecule has 0 aliphatic heterocycles. The third-order valence-electron chi connectivity index (χ3n) is 3.73. The predicted octanol–water partition coefficient (Wildman–Crippen LogP) is 5.27. The number of hydrogen-bond donors (Lipinski definition) is 1. The SMILES string of the molecule is O=c1ccc(C(O)c2ccc(F)cc2F)cn1-c1c(Cl)cc(Br)cc1Cl. The summed E-state index contributed by atoms with van der Waals surface area (Å²) in [5.41, 5.74) is -0.114. The van der Waals surface area contributed by atoms with E-state index in [2.05, 4.69) is 15.9 Å². The number of rotatable bonds is 3. The van der Waals surface area contributed by atoms with E-state index in [4.69, 9.17) is 23.2 Å². The Hall–Kier alpha value is -1.73. The molecule has 1 unspecified atom stereocenters. The van der Waals surface area contributed by atoms with E-state index in [1.165, 1.54) is 18.3 Å². The fourth-order valence-electron chi connectivity index (χ4n) is 2.51. The van der Waals surface area contributed by atoms with Gasteiger partial charge >= 0.3 is 0 Å². The van der Waals surface area contributed by atoms with Crippen molar-refractivity contribution in [3.63, 3.8) is 0 Å². The minimum Gasteiger partial charge on any atom is -0.383 e. The lowest BCUT2D eigenvalue weighted by molar-refractivity contribution is 0.214. The van der Waals surface area contributed by atoms with Gasteiger partial charge in [-0.1, -0.05) is 45.2 Å². The number of aliphatic hydroxyl groups is 1. The monoisotopic (exact) mass is 459 g/mol. The highest BCUT2D eigenvalue weighted by Gasteiger charge is 2.18. The highest BCUT2D eigenvalue weighted by Crippen LogP contribution is 2.32. The standard InChI is InChI=1S/C18H10BrCl2F2NO2/c19-10-5-13(20)17(14(21)6-10)24-8-9(1-4-16(24)25)18(26)12-3-2-11(22)7-15(12)23/h1-8,18,26H. The molecule has 0 saturated carbocycles. The molecule has 0 saturated heterocycles. The van der Waals surface area contributed by atoms with Crippen molar-refractivity contribution in [3.05, 3.63) is 96.3 Å². The Morgan fingerprint density at radius 1 is 1.04 bits per heavy atom. The van der Waals surface area contributed by atoms with Crippen LogP contribution < -0.4 is 5.56 Å². The first kappa shape index (κ1) is 19.0. The van der Waals surface area contributed by atoms with Crippen molar-refractivity contribution in [2.45, 2.75) is 6.10 Å². The van der Waals surface area contributed by atoms with Crippen LogP contribution in [0.1, 0.15) is 17.2 Å². The largest absolute Gasteiger partial charge is 0.383 e. The molecule has 0 amide bonds. The Morgan fingerprint density at radius 3 is 2.31 bits per heavy atom. The van der Waals surface area contributed by atoms with Gasteiger partial charge < -0.3 is 5.11 Å². The molecule has 1 atom stereocenters. The van der Waals surface area contributed by atoms with Crippen molar-refractivity contribution >= 4 is 39.1 Å². The van der Waals surface area contributed by atoms with E-state index in [0.717, 1.165) is 16.7 Å². The van der Waals surface area contributed by atoms with Gasteiger partial charge in [-0.3, -0.25) is 9.36 Å². The van der Waals surface area contributed by atoms with Crippen molar-refractivity contribution in [1.82, 2.24) is 4.57 Å². The first-order chi connectivity index (χ1) is 12.3. The number of aliphatic hydroxyl groups excluding tert-OH is 1. The highest BCUT2D eigenvalue weighted by atomic mass is 79.9. The minimum atomic E-state index is -1.41. The van der Waals surface area contributed by atoms with E-state index >= 15 is 0 Å². The zero-order valence-corrected chi connectivity index (χ0v) is 16.0. The van der Waals surface area contributed by atoms with E-state index in [-0.39, 0.29) is 26.9 Å². The summed E-state index contributed by atoms with van der Waals surface area (Å²) in [6.45, 7) is 0. The predicted molar refractivity (Wildman–Crippen MR) is 100 cm³/mol. The van der Waals surface area contributed by atoms with Gasteiger partial charge in [-0.15, -0.1) is 0 Å². The molecular weight excluding hydrogens is 451 g/mol. The van der Waals surface area contributed by atoms with Crippen LogP contribution in [0.25, 0.3) is 5.69 Å².